The van der Waals surface area contributed by atoms with Gasteiger partial charge in [0.25, 0.3) is 0 Å². The number of hydrogen-bond donors (Lipinski definition) is 2. The van der Waals surface area contributed by atoms with Crippen molar-refractivity contribution in [3.8, 4) is 0 Å². The molecule has 0 aromatic carbocycles. The number of carbonyl (C=O) groups excluding carboxylic acids is 1. The third kappa shape index (κ3) is 7.33. The number of rotatable bonds is 15. The minimum Gasteiger partial charge on any atom is -0.544 e. The van der Waals surface area contributed by atoms with Crippen molar-refractivity contribution in [2.75, 3.05) is 6.54 Å². The van der Waals surface area contributed by atoms with Gasteiger partial charge in [0.1, 0.15) is 6.04 Å². The van der Waals surface area contributed by atoms with E-state index in [9.17, 15) is 29.7 Å². The second-order valence-corrected chi connectivity index (χ2v) is 7.20. The first-order chi connectivity index (χ1) is 12.6. The first-order valence-corrected chi connectivity index (χ1v) is 9.81. The topological polar surface area (TPSA) is 115 Å². The molecule has 27 heavy (non-hydrogen) atoms. The molecule has 0 saturated carbocycles. The van der Waals surface area contributed by atoms with E-state index in [2.05, 4.69) is 19.1 Å². The van der Waals surface area contributed by atoms with Gasteiger partial charge in [-0.25, -0.2) is 9.59 Å². The molecule has 0 aliphatic rings. The number of carboxylic acids is 3. The number of unbranched alkanes of at least 4 members (excludes halogenated alkanes) is 5. The minimum atomic E-state index is -1.44. The van der Waals surface area contributed by atoms with E-state index >= 15 is 0 Å². The molecule has 0 aliphatic carbocycles. The van der Waals surface area contributed by atoms with E-state index in [0.717, 1.165) is 25.7 Å². The van der Waals surface area contributed by atoms with Gasteiger partial charge in [-0.3, -0.25) is 4.48 Å². The van der Waals surface area contributed by atoms with Crippen LogP contribution >= 0.6 is 0 Å². The first kappa shape index (κ1) is 25.1. The van der Waals surface area contributed by atoms with E-state index in [0.29, 0.717) is 6.42 Å². The van der Waals surface area contributed by atoms with Gasteiger partial charge >= 0.3 is 11.9 Å². The van der Waals surface area contributed by atoms with Crippen LogP contribution in [0, 0.1) is 0 Å². The lowest BCUT2D eigenvalue weighted by Crippen LogP contribution is -2.72. The van der Waals surface area contributed by atoms with Gasteiger partial charge in [-0.1, -0.05) is 31.9 Å². The Bertz CT molecular complexity index is 466. The van der Waals surface area contributed by atoms with Crippen LogP contribution in [-0.4, -0.2) is 57.3 Å². The van der Waals surface area contributed by atoms with Crippen molar-refractivity contribution in [3.05, 3.63) is 12.2 Å². The molecule has 0 aromatic heterocycles. The maximum Gasteiger partial charge on any atom is 0.362 e. The lowest BCUT2D eigenvalue weighted by Gasteiger charge is -2.49. The molecule has 0 heterocycles. The van der Waals surface area contributed by atoms with Gasteiger partial charge in [0.2, 0.25) is 0 Å². The highest BCUT2D eigenvalue weighted by Crippen LogP contribution is 2.27. The summed E-state index contributed by atoms with van der Waals surface area (Å²) in [7, 11) is 0. The van der Waals surface area contributed by atoms with Gasteiger partial charge in [-0.15, -0.1) is 0 Å². The summed E-state index contributed by atoms with van der Waals surface area (Å²) in [6, 6.07) is -3.59. The van der Waals surface area contributed by atoms with Gasteiger partial charge in [0, 0.05) is 0 Å². The molecule has 2 N–H and O–H groups in total. The van der Waals surface area contributed by atoms with Crippen molar-refractivity contribution in [2.24, 2.45) is 0 Å². The highest BCUT2D eigenvalue weighted by Gasteiger charge is 2.50. The number of nitrogens with zero attached hydrogens (tertiary/aromatic N) is 1. The second kappa shape index (κ2) is 12.5. The summed E-state index contributed by atoms with van der Waals surface area (Å²) >= 11 is 0. The molecule has 7 heteroatoms. The Hall–Kier alpha value is -1.89. The Morgan fingerprint density at radius 1 is 0.852 bits per heavy atom. The summed E-state index contributed by atoms with van der Waals surface area (Å²) in [6.45, 7) is 6.38. The van der Waals surface area contributed by atoms with Crippen LogP contribution in [-0.2, 0) is 14.4 Å². The summed E-state index contributed by atoms with van der Waals surface area (Å²) in [5.74, 6) is -3.87. The van der Waals surface area contributed by atoms with E-state index < -0.39 is 40.5 Å². The molecule has 0 spiro atoms. The minimum absolute atomic E-state index is 0.153. The van der Waals surface area contributed by atoms with E-state index in [1.807, 2.05) is 0 Å². The van der Waals surface area contributed by atoms with Crippen molar-refractivity contribution >= 4 is 17.9 Å². The molecule has 3 atom stereocenters. The van der Waals surface area contributed by atoms with Crippen LogP contribution in [0.15, 0.2) is 12.2 Å². The van der Waals surface area contributed by atoms with Crippen LogP contribution in [0.25, 0.3) is 0 Å². The fraction of sp³-hybridized carbons (Fsp3) is 0.750. The first-order valence-electron chi connectivity index (χ1n) is 9.81. The summed E-state index contributed by atoms with van der Waals surface area (Å²) < 4.78 is -0.562. The Morgan fingerprint density at radius 2 is 1.30 bits per heavy atom. The number of allylic oxidation sites excluding steroid dienone is 2. The predicted octanol–water partition coefficient (Wildman–Crippen LogP) is 2.19. The molecular formula is C20H35NO6. The molecule has 0 amide bonds. The van der Waals surface area contributed by atoms with Crippen LogP contribution in [0.4, 0.5) is 0 Å². The Balaban J connectivity index is 5.17. The standard InChI is InChI=1S/C20H35NO6/c1-5-6-7-8-9-10-11-12-13-14-21(15(2)18(22)23,16(3)19(24)25)17(4)20(26)27/h9-10,15-17H,5-8,11-14H2,1-4H3,(H2-,22,23,24,25,26,27)/b10-9+. The number of hydrogen-bond acceptors (Lipinski definition) is 4. The summed E-state index contributed by atoms with van der Waals surface area (Å²) in [4.78, 5) is 34.8. The number of quaternary nitrogens is 1. The molecule has 0 aliphatic heterocycles. The van der Waals surface area contributed by atoms with Crippen molar-refractivity contribution in [1.82, 2.24) is 0 Å². The van der Waals surface area contributed by atoms with Gasteiger partial charge in [0.05, 0.1) is 12.5 Å². The third-order valence-corrected chi connectivity index (χ3v) is 5.53. The highest BCUT2D eigenvalue weighted by atomic mass is 16.4. The number of carboxylic acid groups (broad SMARTS) is 3. The summed E-state index contributed by atoms with van der Waals surface area (Å²) in [6.07, 6.45) is 10.8. The smallest absolute Gasteiger partial charge is 0.362 e. The van der Waals surface area contributed by atoms with Gasteiger partial charge in [-0.05, 0) is 52.9 Å². The van der Waals surface area contributed by atoms with Crippen molar-refractivity contribution < 1.29 is 34.2 Å². The molecule has 3 unspecified atom stereocenters. The lowest BCUT2D eigenvalue weighted by molar-refractivity contribution is -0.969. The largest absolute Gasteiger partial charge is 0.544 e. The van der Waals surface area contributed by atoms with Crippen LogP contribution in [0.5, 0.6) is 0 Å². The highest BCUT2D eigenvalue weighted by molar-refractivity contribution is 5.76. The number of carbonyl (C=O) groups is 3. The molecule has 7 nitrogen and oxygen atoms in total. The Labute approximate surface area is 162 Å². The quantitative estimate of drug-likeness (QED) is 0.254. The van der Waals surface area contributed by atoms with Crippen LogP contribution in [0.1, 0.15) is 72.6 Å². The fourth-order valence-corrected chi connectivity index (χ4v) is 3.59. The molecule has 0 saturated heterocycles. The van der Waals surface area contributed by atoms with Gasteiger partial charge in [-0.2, -0.15) is 0 Å². The van der Waals surface area contributed by atoms with Gasteiger partial charge < -0.3 is 20.1 Å². The number of aliphatic carboxylic acids is 3. The molecule has 0 aromatic rings. The van der Waals surface area contributed by atoms with Gasteiger partial charge in [0.15, 0.2) is 12.1 Å². The van der Waals surface area contributed by atoms with E-state index in [4.69, 9.17) is 0 Å². The average molecular weight is 386 g/mol. The maximum atomic E-state index is 11.6. The molecule has 0 fully saturated rings. The SMILES string of the molecule is CCCCC/C=C/CCCC[N+](C(C)C(=O)[O-])(C(C)C(=O)O)C(C)C(=O)O. The Morgan fingerprint density at radius 3 is 1.67 bits per heavy atom. The zero-order chi connectivity index (χ0) is 21.0. The zero-order valence-electron chi connectivity index (χ0n) is 17.0. The maximum absolute atomic E-state index is 11.6. The normalized spacial score (nSPS) is 17.2. The van der Waals surface area contributed by atoms with E-state index in [-0.39, 0.29) is 6.54 Å². The monoisotopic (exact) mass is 385 g/mol. The average Bonchev–Trinajstić information content (AvgIpc) is 2.61. The predicted molar refractivity (Wildman–Crippen MR) is 101 cm³/mol. The third-order valence-electron chi connectivity index (χ3n) is 5.53. The molecule has 0 radical (unpaired) electrons. The Kier molecular flexibility index (Phi) is 11.6. The van der Waals surface area contributed by atoms with Crippen molar-refractivity contribution in [3.63, 3.8) is 0 Å². The van der Waals surface area contributed by atoms with Crippen LogP contribution < -0.4 is 5.11 Å². The molecular weight excluding hydrogens is 350 g/mol. The van der Waals surface area contributed by atoms with Crippen molar-refractivity contribution in [2.45, 2.75) is 90.8 Å². The fourth-order valence-electron chi connectivity index (χ4n) is 3.59. The zero-order valence-corrected chi connectivity index (χ0v) is 17.0. The van der Waals surface area contributed by atoms with E-state index in [1.54, 1.807) is 0 Å². The second-order valence-electron chi connectivity index (χ2n) is 7.20. The van der Waals surface area contributed by atoms with Crippen molar-refractivity contribution in [1.29, 1.82) is 0 Å². The van der Waals surface area contributed by atoms with E-state index in [1.165, 1.54) is 33.6 Å². The molecule has 0 rings (SSSR count). The van der Waals surface area contributed by atoms with Crippen LogP contribution in [0.2, 0.25) is 0 Å². The molecule has 156 valence electrons. The molecule has 0 bridgehead atoms. The van der Waals surface area contributed by atoms with Crippen LogP contribution in [0.3, 0.4) is 0 Å². The summed E-state index contributed by atoms with van der Waals surface area (Å²) in [5, 5.41) is 30.5. The summed E-state index contributed by atoms with van der Waals surface area (Å²) in [5.41, 5.74) is 0. The lowest BCUT2D eigenvalue weighted by atomic mass is 10.0.